The zero-order chi connectivity index (χ0) is 17.5. The lowest BCUT2D eigenvalue weighted by Crippen LogP contribution is -2.31. The van der Waals surface area contributed by atoms with E-state index in [1.165, 1.54) is 0 Å². The monoisotopic (exact) mass is 337 g/mol. The number of carbonyl (C=O) groups excluding carboxylic acids is 1. The van der Waals surface area contributed by atoms with Crippen LogP contribution in [0.5, 0.6) is 0 Å². The summed E-state index contributed by atoms with van der Waals surface area (Å²) in [5, 5.41) is 2.97. The number of para-hydroxylation sites is 2. The van der Waals surface area contributed by atoms with Crippen LogP contribution in [0, 0.1) is 0 Å². The zero-order valence-electron chi connectivity index (χ0n) is 14.4. The molecule has 130 valence electrons. The van der Waals surface area contributed by atoms with Crippen molar-refractivity contribution in [2.45, 2.75) is 26.0 Å². The topological polar surface area (TPSA) is 56.1 Å². The fourth-order valence-corrected chi connectivity index (χ4v) is 2.71. The van der Waals surface area contributed by atoms with E-state index in [0.717, 1.165) is 23.0 Å². The Kier molecular flexibility index (Phi) is 5.80. The normalized spacial score (nSPS) is 12.2. The molecule has 1 amide bonds. The SMILES string of the molecule is C[C@H](C(=O)NCCCOCc1ccccc1)n1cnc2ccccc21. The van der Waals surface area contributed by atoms with E-state index in [2.05, 4.69) is 10.3 Å². The number of hydrogen-bond acceptors (Lipinski definition) is 3. The van der Waals surface area contributed by atoms with Crippen molar-refractivity contribution in [3.63, 3.8) is 0 Å². The van der Waals surface area contributed by atoms with Gasteiger partial charge in [-0.25, -0.2) is 4.98 Å². The molecular weight excluding hydrogens is 314 g/mol. The fourth-order valence-electron chi connectivity index (χ4n) is 2.71. The van der Waals surface area contributed by atoms with Gasteiger partial charge in [-0.3, -0.25) is 4.79 Å². The number of benzene rings is 2. The number of carbonyl (C=O) groups is 1. The van der Waals surface area contributed by atoms with Crippen molar-refractivity contribution in [3.8, 4) is 0 Å². The van der Waals surface area contributed by atoms with E-state index < -0.39 is 0 Å². The molecule has 0 bridgehead atoms. The Labute approximate surface area is 147 Å². The van der Waals surface area contributed by atoms with Gasteiger partial charge in [-0.15, -0.1) is 0 Å². The predicted octanol–water partition coefficient (Wildman–Crippen LogP) is 3.32. The molecule has 25 heavy (non-hydrogen) atoms. The van der Waals surface area contributed by atoms with Crippen LogP contribution in [0.15, 0.2) is 60.9 Å². The van der Waals surface area contributed by atoms with Crippen molar-refractivity contribution in [1.82, 2.24) is 14.9 Å². The highest BCUT2D eigenvalue weighted by molar-refractivity contribution is 5.83. The quantitative estimate of drug-likeness (QED) is 0.642. The van der Waals surface area contributed by atoms with Crippen molar-refractivity contribution in [1.29, 1.82) is 0 Å². The van der Waals surface area contributed by atoms with Gasteiger partial charge in [-0.2, -0.15) is 0 Å². The Morgan fingerprint density at radius 3 is 2.76 bits per heavy atom. The van der Waals surface area contributed by atoms with E-state index in [4.69, 9.17) is 4.74 Å². The van der Waals surface area contributed by atoms with Crippen LogP contribution in [-0.4, -0.2) is 28.6 Å². The fraction of sp³-hybridized carbons (Fsp3) is 0.300. The average molecular weight is 337 g/mol. The molecular formula is C20H23N3O2. The standard InChI is InChI=1S/C20H23N3O2/c1-16(23-15-22-18-10-5-6-11-19(18)23)20(24)21-12-7-13-25-14-17-8-3-2-4-9-17/h2-6,8-11,15-16H,7,12-14H2,1H3,(H,21,24)/t16-/m1/s1. The number of fused-ring (bicyclic) bond motifs is 1. The number of nitrogens with zero attached hydrogens (tertiary/aromatic N) is 2. The minimum absolute atomic E-state index is 0.00814. The first-order valence-corrected chi connectivity index (χ1v) is 8.56. The summed E-state index contributed by atoms with van der Waals surface area (Å²) in [6.45, 7) is 3.71. The molecule has 1 heterocycles. The van der Waals surface area contributed by atoms with Crippen LogP contribution in [0.25, 0.3) is 11.0 Å². The van der Waals surface area contributed by atoms with E-state index in [1.807, 2.05) is 66.1 Å². The molecule has 0 spiro atoms. The minimum atomic E-state index is -0.294. The van der Waals surface area contributed by atoms with Gasteiger partial charge >= 0.3 is 0 Å². The van der Waals surface area contributed by atoms with Crippen molar-refractivity contribution >= 4 is 16.9 Å². The highest BCUT2D eigenvalue weighted by atomic mass is 16.5. The third-order valence-electron chi connectivity index (χ3n) is 4.15. The Hall–Kier alpha value is -2.66. The van der Waals surface area contributed by atoms with Gasteiger partial charge in [0.15, 0.2) is 0 Å². The molecule has 5 heteroatoms. The Morgan fingerprint density at radius 1 is 1.16 bits per heavy atom. The summed E-state index contributed by atoms with van der Waals surface area (Å²) in [5.41, 5.74) is 3.03. The van der Waals surface area contributed by atoms with Gasteiger partial charge in [0.05, 0.1) is 24.0 Å². The summed E-state index contributed by atoms with van der Waals surface area (Å²) >= 11 is 0. The second-order valence-electron chi connectivity index (χ2n) is 6.00. The smallest absolute Gasteiger partial charge is 0.242 e. The first-order valence-electron chi connectivity index (χ1n) is 8.56. The summed E-state index contributed by atoms with van der Waals surface area (Å²) in [5.74, 6) is -0.00814. The van der Waals surface area contributed by atoms with E-state index in [1.54, 1.807) is 6.33 Å². The van der Waals surface area contributed by atoms with Crippen molar-refractivity contribution in [2.75, 3.05) is 13.2 Å². The lowest BCUT2D eigenvalue weighted by molar-refractivity contribution is -0.123. The minimum Gasteiger partial charge on any atom is -0.377 e. The van der Waals surface area contributed by atoms with Crippen LogP contribution in [0.1, 0.15) is 24.9 Å². The van der Waals surface area contributed by atoms with Gasteiger partial charge in [0.2, 0.25) is 5.91 Å². The van der Waals surface area contributed by atoms with E-state index in [0.29, 0.717) is 19.8 Å². The maximum atomic E-state index is 12.3. The maximum absolute atomic E-state index is 12.3. The number of imidazole rings is 1. The van der Waals surface area contributed by atoms with E-state index >= 15 is 0 Å². The van der Waals surface area contributed by atoms with Crippen LogP contribution in [0.2, 0.25) is 0 Å². The van der Waals surface area contributed by atoms with Gasteiger partial charge in [-0.05, 0) is 31.0 Å². The summed E-state index contributed by atoms with van der Waals surface area (Å²) in [4.78, 5) is 16.7. The molecule has 3 aromatic rings. The van der Waals surface area contributed by atoms with Crippen LogP contribution >= 0.6 is 0 Å². The number of hydrogen-bond donors (Lipinski definition) is 1. The van der Waals surface area contributed by atoms with E-state index in [9.17, 15) is 4.79 Å². The number of rotatable bonds is 8. The van der Waals surface area contributed by atoms with Crippen molar-refractivity contribution in [3.05, 3.63) is 66.5 Å². The van der Waals surface area contributed by atoms with Gasteiger partial charge in [-0.1, -0.05) is 42.5 Å². The molecule has 1 aromatic heterocycles. The molecule has 0 saturated carbocycles. The second kappa shape index (κ2) is 8.44. The lowest BCUT2D eigenvalue weighted by Gasteiger charge is -2.14. The third-order valence-corrected chi connectivity index (χ3v) is 4.15. The number of aromatic nitrogens is 2. The molecule has 0 aliphatic carbocycles. The van der Waals surface area contributed by atoms with Crippen LogP contribution < -0.4 is 5.32 Å². The molecule has 0 aliphatic rings. The summed E-state index contributed by atoms with van der Waals surface area (Å²) < 4.78 is 7.52. The Bertz CT molecular complexity index is 814. The molecule has 0 aliphatic heterocycles. The van der Waals surface area contributed by atoms with Crippen molar-refractivity contribution < 1.29 is 9.53 Å². The van der Waals surface area contributed by atoms with E-state index in [-0.39, 0.29) is 11.9 Å². The summed E-state index contributed by atoms with van der Waals surface area (Å²) in [7, 11) is 0. The Balaban J connectivity index is 1.40. The second-order valence-corrected chi connectivity index (χ2v) is 6.00. The van der Waals surface area contributed by atoms with Crippen LogP contribution in [-0.2, 0) is 16.1 Å². The highest BCUT2D eigenvalue weighted by Crippen LogP contribution is 2.17. The largest absolute Gasteiger partial charge is 0.377 e. The zero-order valence-corrected chi connectivity index (χ0v) is 14.4. The molecule has 5 nitrogen and oxygen atoms in total. The summed E-state index contributed by atoms with van der Waals surface area (Å²) in [6, 6.07) is 17.6. The number of nitrogens with one attached hydrogen (secondary N) is 1. The molecule has 0 unspecified atom stereocenters. The van der Waals surface area contributed by atoms with Gasteiger partial charge < -0.3 is 14.6 Å². The molecule has 1 N–H and O–H groups in total. The summed E-state index contributed by atoms with van der Waals surface area (Å²) in [6.07, 6.45) is 2.51. The average Bonchev–Trinajstić information content (AvgIpc) is 3.08. The van der Waals surface area contributed by atoms with Crippen LogP contribution in [0.3, 0.4) is 0 Å². The predicted molar refractivity (Wildman–Crippen MR) is 98.2 cm³/mol. The number of amides is 1. The highest BCUT2D eigenvalue weighted by Gasteiger charge is 2.16. The van der Waals surface area contributed by atoms with Crippen LogP contribution in [0.4, 0.5) is 0 Å². The molecule has 0 radical (unpaired) electrons. The molecule has 0 fully saturated rings. The third kappa shape index (κ3) is 4.45. The lowest BCUT2D eigenvalue weighted by atomic mass is 10.2. The van der Waals surface area contributed by atoms with Gasteiger partial charge in [0.25, 0.3) is 0 Å². The van der Waals surface area contributed by atoms with Gasteiger partial charge in [0, 0.05) is 13.2 Å². The van der Waals surface area contributed by atoms with Gasteiger partial charge in [0.1, 0.15) is 6.04 Å². The first-order chi connectivity index (χ1) is 12.3. The Morgan fingerprint density at radius 2 is 1.92 bits per heavy atom. The molecule has 2 aromatic carbocycles. The number of ether oxygens (including phenoxy) is 1. The first kappa shape index (κ1) is 17.2. The molecule has 0 saturated heterocycles. The van der Waals surface area contributed by atoms with Crippen molar-refractivity contribution in [2.24, 2.45) is 0 Å². The molecule has 3 rings (SSSR count). The molecule has 1 atom stereocenters. The maximum Gasteiger partial charge on any atom is 0.242 e.